The second-order valence-electron chi connectivity index (χ2n) is 8.00. The van der Waals surface area contributed by atoms with Crippen LogP contribution in [0.25, 0.3) is 27.8 Å². The van der Waals surface area contributed by atoms with Gasteiger partial charge in [0, 0.05) is 23.3 Å². The topological polar surface area (TPSA) is 90.6 Å². The Balaban J connectivity index is 1.43. The van der Waals surface area contributed by atoms with Crippen molar-refractivity contribution in [2.75, 3.05) is 12.4 Å². The summed E-state index contributed by atoms with van der Waals surface area (Å²) in [6, 6.07) is 15.9. The molecule has 8 heteroatoms. The zero-order chi connectivity index (χ0) is 23.7. The van der Waals surface area contributed by atoms with Crippen LogP contribution in [0.15, 0.2) is 60.9 Å². The Hall–Kier alpha value is -4.33. The molecule has 0 atom stereocenters. The highest BCUT2D eigenvalue weighted by atomic mass is 16.5. The molecule has 3 aromatic heterocycles. The number of ether oxygens (including phenoxy) is 1. The van der Waals surface area contributed by atoms with Gasteiger partial charge in [-0.1, -0.05) is 13.0 Å². The molecule has 0 bridgehead atoms. The van der Waals surface area contributed by atoms with E-state index in [1.54, 1.807) is 13.3 Å². The van der Waals surface area contributed by atoms with Gasteiger partial charge in [-0.15, -0.1) is 0 Å². The average Bonchev–Trinajstić information content (AvgIpc) is 3.25. The highest BCUT2D eigenvalue weighted by Gasteiger charge is 2.12. The largest absolute Gasteiger partial charge is 0.497 e. The summed E-state index contributed by atoms with van der Waals surface area (Å²) in [4.78, 5) is 18.3. The molecule has 0 amide bonds. The van der Waals surface area contributed by atoms with Crippen molar-refractivity contribution in [3.8, 4) is 22.7 Å². The Morgan fingerprint density at radius 3 is 2.50 bits per heavy atom. The second kappa shape index (κ2) is 8.90. The monoisotopic (exact) mass is 451 g/mol. The summed E-state index contributed by atoms with van der Waals surface area (Å²) in [6.07, 6.45) is 4.66. The number of benzene rings is 2. The zero-order valence-corrected chi connectivity index (χ0v) is 19.6. The van der Waals surface area contributed by atoms with Crippen LogP contribution in [0.3, 0.4) is 0 Å². The molecule has 0 spiro atoms. The lowest BCUT2D eigenvalue weighted by molar-refractivity contribution is 0.414. The first-order valence-electron chi connectivity index (χ1n) is 11.1. The molecule has 0 unspecified atom stereocenters. The smallest absolute Gasteiger partial charge is 0.230 e. The van der Waals surface area contributed by atoms with Crippen LogP contribution in [0.1, 0.15) is 23.9 Å². The lowest BCUT2D eigenvalue weighted by Gasteiger charge is -2.09. The molecule has 8 nitrogen and oxygen atoms in total. The van der Waals surface area contributed by atoms with Gasteiger partial charge in [-0.05, 0) is 68.3 Å². The van der Waals surface area contributed by atoms with Gasteiger partial charge in [0.15, 0.2) is 0 Å². The summed E-state index contributed by atoms with van der Waals surface area (Å²) in [5.74, 6) is 1.70. The normalized spacial score (nSPS) is 11.1. The minimum absolute atomic E-state index is 0.429. The first kappa shape index (κ1) is 21.5. The van der Waals surface area contributed by atoms with Crippen LogP contribution < -0.4 is 10.1 Å². The number of anilines is 2. The SMILES string of the molecule is CCc1ccc2nc(Nc3nccc(-c4cn(-c5ccc(OC)cc5)nc4C)n3)nc(C)c2c1. The minimum atomic E-state index is 0.429. The molecule has 0 aliphatic carbocycles. The van der Waals surface area contributed by atoms with Gasteiger partial charge in [0.1, 0.15) is 5.75 Å². The van der Waals surface area contributed by atoms with Crippen molar-refractivity contribution in [2.24, 2.45) is 0 Å². The Morgan fingerprint density at radius 2 is 1.74 bits per heavy atom. The van der Waals surface area contributed by atoms with Gasteiger partial charge in [0.05, 0.1) is 35.4 Å². The van der Waals surface area contributed by atoms with Gasteiger partial charge in [0.25, 0.3) is 0 Å². The summed E-state index contributed by atoms with van der Waals surface area (Å²) < 4.78 is 7.08. The fourth-order valence-electron chi connectivity index (χ4n) is 3.85. The molecule has 0 saturated heterocycles. The molecule has 1 N–H and O–H groups in total. The number of nitrogens with one attached hydrogen (secondary N) is 1. The molecule has 0 aliphatic rings. The van der Waals surface area contributed by atoms with Gasteiger partial charge in [-0.25, -0.2) is 24.6 Å². The lowest BCUT2D eigenvalue weighted by atomic mass is 10.1. The number of methoxy groups -OCH3 is 1. The van der Waals surface area contributed by atoms with E-state index in [-0.39, 0.29) is 0 Å². The van der Waals surface area contributed by atoms with Crippen molar-refractivity contribution in [3.63, 3.8) is 0 Å². The van der Waals surface area contributed by atoms with Crippen LogP contribution in [0.4, 0.5) is 11.9 Å². The Labute approximate surface area is 197 Å². The van der Waals surface area contributed by atoms with Crippen molar-refractivity contribution in [2.45, 2.75) is 27.2 Å². The van der Waals surface area contributed by atoms with E-state index in [1.165, 1.54) is 5.56 Å². The standard InChI is InChI=1S/C26H25N7O/c1-5-18-6-11-23-21(14-18)16(2)28-26(30-23)31-25-27-13-12-24(29-25)22-15-33(32-17(22)3)19-7-9-20(34-4)10-8-19/h6-15H,5H2,1-4H3,(H,27,28,29,30,31). The Kier molecular flexibility index (Phi) is 5.63. The van der Waals surface area contributed by atoms with Crippen LogP contribution in [-0.2, 0) is 6.42 Å². The maximum absolute atomic E-state index is 5.24. The summed E-state index contributed by atoms with van der Waals surface area (Å²) in [5.41, 5.74) is 6.56. The van der Waals surface area contributed by atoms with Gasteiger partial charge in [0.2, 0.25) is 11.9 Å². The maximum atomic E-state index is 5.24. The van der Waals surface area contributed by atoms with Crippen molar-refractivity contribution in [1.82, 2.24) is 29.7 Å². The molecule has 5 aromatic rings. The number of rotatable bonds is 6. The predicted octanol–water partition coefficient (Wildman–Crippen LogP) is 5.20. The summed E-state index contributed by atoms with van der Waals surface area (Å²) >= 11 is 0. The lowest BCUT2D eigenvalue weighted by Crippen LogP contribution is -2.03. The van der Waals surface area contributed by atoms with Crippen LogP contribution in [0.5, 0.6) is 5.75 Å². The molecule has 2 aromatic carbocycles. The number of fused-ring (bicyclic) bond motifs is 1. The highest BCUT2D eigenvalue weighted by molar-refractivity contribution is 5.82. The maximum Gasteiger partial charge on any atom is 0.230 e. The third-order valence-corrected chi connectivity index (χ3v) is 5.75. The molecule has 170 valence electrons. The molecular formula is C26H25N7O. The van der Waals surface area contributed by atoms with E-state index in [0.29, 0.717) is 11.9 Å². The van der Waals surface area contributed by atoms with Crippen molar-refractivity contribution >= 4 is 22.8 Å². The molecule has 0 aliphatic heterocycles. The minimum Gasteiger partial charge on any atom is -0.497 e. The molecule has 34 heavy (non-hydrogen) atoms. The summed E-state index contributed by atoms with van der Waals surface area (Å²) in [7, 11) is 1.65. The first-order valence-corrected chi connectivity index (χ1v) is 11.1. The Morgan fingerprint density at radius 1 is 0.912 bits per heavy atom. The van der Waals surface area contributed by atoms with E-state index >= 15 is 0 Å². The average molecular weight is 452 g/mol. The fourth-order valence-corrected chi connectivity index (χ4v) is 3.85. The predicted molar refractivity (Wildman–Crippen MR) is 133 cm³/mol. The number of hydrogen-bond acceptors (Lipinski definition) is 7. The van der Waals surface area contributed by atoms with Gasteiger partial charge in [-0.3, -0.25) is 5.32 Å². The van der Waals surface area contributed by atoms with E-state index in [4.69, 9.17) is 9.72 Å². The highest BCUT2D eigenvalue weighted by Crippen LogP contribution is 2.25. The summed E-state index contributed by atoms with van der Waals surface area (Å²) in [6.45, 7) is 6.09. The zero-order valence-electron chi connectivity index (χ0n) is 19.6. The van der Waals surface area contributed by atoms with Crippen LogP contribution in [-0.4, -0.2) is 36.8 Å². The van der Waals surface area contributed by atoms with Crippen molar-refractivity contribution in [3.05, 3.63) is 77.9 Å². The van der Waals surface area contributed by atoms with E-state index in [2.05, 4.69) is 44.4 Å². The third kappa shape index (κ3) is 4.17. The molecule has 0 radical (unpaired) electrons. The summed E-state index contributed by atoms with van der Waals surface area (Å²) in [5, 5.41) is 8.87. The van der Waals surface area contributed by atoms with Crippen molar-refractivity contribution < 1.29 is 4.74 Å². The molecule has 3 heterocycles. The fraction of sp³-hybridized carbons (Fsp3) is 0.192. The first-order chi connectivity index (χ1) is 16.5. The molecular weight excluding hydrogens is 426 g/mol. The van der Waals surface area contributed by atoms with E-state index in [0.717, 1.165) is 51.4 Å². The van der Waals surface area contributed by atoms with E-state index < -0.39 is 0 Å². The van der Waals surface area contributed by atoms with E-state index in [9.17, 15) is 0 Å². The molecule has 5 rings (SSSR count). The number of nitrogens with zero attached hydrogens (tertiary/aromatic N) is 6. The number of aromatic nitrogens is 6. The van der Waals surface area contributed by atoms with Gasteiger partial charge in [-0.2, -0.15) is 5.10 Å². The number of aryl methyl sites for hydroxylation is 3. The quantitative estimate of drug-likeness (QED) is 0.379. The van der Waals surface area contributed by atoms with Crippen molar-refractivity contribution in [1.29, 1.82) is 0 Å². The third-order valence-electron chi connectivity index (χ3n) is 5.75. The molecule has 0 saturated carbocycles. The second-order valence-corrected chi connectivity index (χ2v) is 8.00. The Bertz CT molecular complexity index is 1480. The van der Waals surface area contributed by atoms with Gasteiger partial charge >= 0.3 is 0 Å². The van der Waals surface area contributed by atoms with Crippen LogP contribution >= 0.6 is 0 Å². The molecule has 0 fully saturated rings. The van der Waals surface area contributed by atoms with Crippen LogP contribution in [0.2, 0.25) is 0 Å². The van der Waals surface area contributed by atoms with Gasteiger partial charge < -0.3 is 4.74 Å². The van der Waals surface area contributed by atoms with Crippen LogP contribution in [0, 0.1) is 13.8 Å². The van der Waals surface area contributed by atoms with E-state index in [1.807, 2.05) is 61.1 Å². The number of hydrogen-bond donors (Lipinski definition) is 1.